The number of hydrogen-bond donors (Lipinski definition) is 1. The first kappa shape index (κ1) is 16.7. The van der Waals surface area contributed by atoms with Crippen molar-refractivity contribution in [2.24, 2.45) is 0 Å². The Morgan fingerprint density at radius 1 is 1.25 bits per heavy atom. The summed E-state index contributed by atoms with van der Waals surface area (Å²) < 4.78 is 22.5. The maximum atomic E-state index is 11.3. The van der Waals surface area contributed by atoms with Crippen LogP contribution < -0.4 is 10.2 Å². The first-order chi connectivity index (χ1) is 9.28. The van der Waals surface area contributed by atoms with Gasteiger partial charge in [-0.05, 0) is 13.8 Å². The van der Waals surface area contributed by atoms with Gasteiger partial charge in [-0.2, -0.15) is 0 Å². The lowest BCUT2D eigenvalue weighted by molar-refractivity contribution is 0.601. The fraction of sp³-hybridized carbons (Fsp3) is 0.692. The lowest BCUT2D eigenvalue weighted by Gasteiger charge is -2.22. The number of nitrogens with one attached hydrogen (secondary N) is 1. The third kappa shape index (κ3) is 4.63. The van der Waals surface area contributed by atoms with Crippen LogP contribution in [0.25, 0.3) is 0 Å². The Bertz CT molecular complexity index is 558. The molecular weight excluding hydrogens is 276 g/mol. The van der Waals surface area contributed by atoms with Crippen LogP contribution in [0, 0.1) is 6.92 Å². The smallest absolute Gasteiger partial charge is 0.149 e. The fourth-order valence-corrected chi connectivity index (χ4v) is 2.43. The zero-order valence-corrected chi connectivity index (χ0v) is 13.7. The van der Waals surface area contributed by atoms with Crippen LogP contribution in [0.5, 0.6) is 0 Å². The average Bonchev–Trinajstić information content (AvgIpc) is 2.37. The zero-order valence-electron chi connectivity index (χ0n) is 12.9. The molecule has 0 atom stereocenters. The van der Waals surface area contributed by atoms with Crippen molar-refractivity contribution in [1.82, 2.24) is 9.97 Å². The summed E-state index contributed by atoms with van der Waals surface area (Å²) in [5.41, 5.74) is 0.944. The quantitative estimate of drug-likeness (QED) is 0.817. The van der Waals surface area contributed by atoms with E-state index in [2.05, 4.69) is 15.3 Å². The molecule has 0 aliphatic rings. The largest absolute Gasteiger partial charge is 0.370 e. The summed E-state index contributed by atoms with van der Waals surface area (Å²) in [6, 6.07) is 0. The normalized spacial score (nSPS) is 11.4. The van der Waals surface area contributed by atoms with E-state index < -0.39 is 9.84 Å². The van der Waals surface area contributed by atoms with Crippen molar-refractivity contribution in [2.75, 3.05) is 42.4 Å². The summed E-state index contributed by atoms with van der Waals surface area (Å²) in [5, 5.41) is 3.22. The number of rotatable bonds is 7. The Labute approximate surface area is 121 Å². The van der Waals surface area contributed by atoms with Gasteiger partial charge in [-0.1, -0.05) is 6.92 Å². The van der Waals surface area contributed by atoms with E-state index in [9.17, 15) is 8.42 Å². The van der Waals surface area contributed by atoms with E-state index in [0.717, 1.165) is 36.0 Å². The molecule has 1 aromatic heterocycles. The molecule has 0 amide bonds. The van der Waals surface area contributed by atoms with Crippen LogP contribution in [0.2, 0.25) is 0 Å². The molecule has 0 radical (unpaired) electrons. The second kappa shape index (κ2) is 6.88. The molecule has 1 heterocycles. The zero-order chi connectivity index (χ0) is 15.3. The van der Waals surface area contributed by atoms with Crippen LogP contribution in [0.4, 0.5) is 11.6 Å². The van der Waals surface area contributed by atoms with Gasteiger partial charge in [0.2, 0.25) is 0 Å². The summed E-state index contributed by atoms with van der Waals surface area (Å²) in [5.74, 6) is 2.48. The van der Waals surface area contributed by atoms with Crippen LogP contribution in [0.1, 0.15) is 25.2 Å². The molecule has 0 saturated heterocycles. The molecule has 0 saturated carbocycles. The first-order valence-electron chi connectivity index (χ1n) is 6.78. The maximum Gasteiger partial charge on any atom is 0.149 e. The highest BCUT2D eigenvalue weighted by atomic mass is 32.2. The molecule has 7 heteroatoms. The van der Waals surface area contributed by atoms with Gasteiger partial charge >= 0.3 is 0 Å². The Kier molecular flexibility index (Phi) is 5.74. The van der Waals surface area contributed by atoms with Crippen molar-refractivity contribution >= 4 is 21.5 Å². The summed E-state index contributed by atoms with van der Waals surface area (Å²) in [6.07, 6.45) is 1.99. The third-order valence-electron chi connectivity index (χ3n) is 2.99. The van der Waals surface area contributed by atoms with Crippen molar-refractivity contribution in [3.05, 3.63) is 11.4 Å². The molecule has 0 unspecified atom stereocenters. The van der Waals surface area contributed by atoms with Crippen molar-refractivity contribution in [3.63, 3.8) is 0 Å². The van der Waals surface area contributed by atoms with E-state index in [-0.39, 0.29) is 5.75 Å². The highest BCUT2D eigenvalue weighted by Crippen LogP contribution is 2.22. The molecule has 0 bridgehead atoms. The molecule has 0 aliphatic carbocycles. The van der Waals surface area contributed by atoms with Gasteiger partial charge in [0.1, 0.15) is 27.3 Å². The number of hydrogen-bond acceptors (Lipinski definition) is 6. The molecule has 0 aromatic carbocycles. The minimum absolute atomic E-state index is 0.116. The van der Waals surface area contributed by atoms with Crippen molar-refractivity contribution < 1.29 is 8.42 Å². The van der Waals surface area contributed by atoms with E-state index in [1.165, 1.54) is 6.26 Å². The van der Waals surface area contributed by atoms with Crippen molar-refractivity contribution in [3.8, 4) is 0 Å². The number of anilines is 2. The lowest BCUT2D eigenvalue weighted by atomic mass is 10.2. The van der Waals surface area contributed by atoms with Crippen molar-refractivity contribution in [1.29, 1.82) is 0 Å². The second-order valence-corrected chi connectivity index (χ2v) is 7.13. The average molecular weight is 300 g/mol. The first-order valence-corrected chi connectivity index (χ1v) is 8.84. The van der Waals surface area contributed by atoms with E-state index in [4.69, 9.17) is 0 Å². The van der Waals surface area contributed by atoms with Crippen LogP contribution in [-0.2, 0) is 16.3 Å². The van der Waals surface area contributed by atoms with Crippen LogP contribution in [0.3, 0.4) is 0 Å². The van der Waals surface area contributed by atoms with Gasteiger partial charge in [-0.25, -0.2) is 18.4 Å². The van der Waals surface area contributed by atoms with E-state index in [1.807, 2.05) is 32.7 Å². The molecule has 0 fully saturated rings. The second-order valence-electron chi connectivity index (χ2n) is 4.87. The van der Waals surface area contributed by atoms with Gasteiger partial charge < -0.3 is 10.2 Å². The molecule has 0 aliphatic heterocycles. The number of nitrogens with zero attached hydrogens (tertiary/aromatic N) is 3. The summed E-state index contributed by atoms with van der Waals surface area (Å²) in [7, 11) is -1.12. The minimum atomic E-state index is -2.98. The number of sulfone groups is 1. The molecular formula is C13H24N4O2S. The fourth-order valence-electron chi connectivity index (χ4n) is 1.83. The predicted molar refractivity (Wildman–Crippen MR) is 83.3 cm³/mol. The predicted octanol–water partition coefficient (Wildman–Crippen LogP) is 1.26. The van der Waals surface area contributed by atoms with E-state index in [1.54, 1.807) is 0 Å². The van der Waals surface area contributed by atoms with Gasteiger partial charge in [-0.15, -0.1) is 0 Å². The Morgan fingerprint density at radius 2 is 1.90 bits per heavy atom. The van der Waals surface area contributed by atoms with Gasteiger partial charge in [-0.3, -0.25) is 0 Å². The lowest BCUT2D eigenvalue weighted by Crippen LogP contribution is -2.27. The molecule has 1 N–H and O–H groups in total. The molecule has 0 spiro atoms. The SMILES string of the molecule is CCNc1nc(CC)nc(N(C)CCS(C)(=O)=O)c1C. The minimum Gasteiger partial charge on any atom is -0.370 e. The molecule has 1 rings (SSSR count). The maximum absolute atomic E-state index is 11.3. The van der Waals surface area contributed by atoms with Gasteiger partial charge in [0.05, 0.1) is 5.75 Å². The van der Waals surface area contributed by atoms with Crippen LogP contribution in [-0.4, -0.2) is 50.5 Å². The molecule has 114 valence electrons. The van der Waals surface area contributed by atoms with Crippen LogP contribution in [0.15, 0.2) is 0 Å². The summed E-state index contributed by atoms with van der Waals surface area (Å²) in [6.45, 7) is 7.17. The Morgan fingerprint density at radius 3 is 2.40 bits per heavy atom. The Balaban J connectivity index is 3.05. The van der Waals surface area contributed by atoms with Gasteiger partial charge in [0, 0.05) is 38.4 Å². The van der Waals surface area contributed by atoms with Crippen LogP contribution >= 0.6 is 0 Å². The number of aryl methyl sites for hydroxylation is 1. The van der Waals surface area contributed by atoms with Gasteiger partial charge in [0.15, 0.2) is 0 Å². The highest BCUT2D eigenvalue weighted by Gasteiger charge is 2.14. The standard InChI is InChI=1S/C13H24N4O2S/c1-6-11-15-12(14-7-2)10(3)13(16-11)17(4)8-9-20(5,18)19/h6-9H2,1-5H3,(H,14,15,16). The summed E-state index contributed by atoms with van der Waals surface area (Å²) in [4.78, 5) is 10.9. The monoisotopic (exact) mass is 300 g/mol. The molecule has 1 aromatic rings. The molecule has 20 heavy (non-hydrogen) atoms. The Hall–Kier alpha value is -1.37. The van der Waals surface area contributed by atoms with E-state index in [0.29, 0.717) is 6.54 Å². The van der Waals surface area contributed by atoms with E-state index >= 15 is 0 Å². The van der Waals surface area contributed by atoms with Crippen molar-refractivity contribution in [2.45, 2.75) is 27.2 Å². The topological polar surface area (TPSA) is 75.2 Å². The highest BCUT2D eigenvalue weighted by molar-refractivity contribution is 7.90. The summed E-state index contributed by atoms with van der Waals surface area (Å²) >= 11 is 0. The molecule has 6 nitrogen and oxygen atoms in total. The van der Waals surface area contributed by atoms with Gasteiger partial charge in [0.25, 0.3) is 0 Å². The third-order valence-corrected chi connectivity index (χ3v) is 3.91. The number of aromatic nitrogens is 2.